The number of hydrogen-bond acceptors (Lipinski definition) is 6. The van der Waals surface area contributed by atoms with Gasteiger partial charge in [-0.3, -0.25) is 9.97 Å². The summed E-state index contributed by atoms with van der Waals surface area (Å²) in [6, 6.07) is 42.7. The first-order valence-corrected chi connectivity index (χ1v) is 19.6. The van der Waals surface area contributed by atoms with Gasteiger partial charge in [0.15, 0.2) is 0 Å². The molecule has 0 unspecified atom stereocenters. The third kappa shape index (κ3) is 7.07. The molecule has 7 nitrogen and oxygen atoms in total. The van der Waals surface area contributed by atoms with Gasteiger partial charge in [-0.2, -0.15) is 12.1 Å². The van der Waals surface area contributed by atoms with Gasteiger partial charge >= 0.3 is 0 Å². The normalized spacial score (nSPS) is 12.8. The Labute approximate surface area is 355 Å². The molecule has 0 fully saturated rings. The van der Waals surface area contributed by atoms with Crippen LogP contribution in [0.3, 0.4) is 0 Å². The van der Waals surface area contributed by atoms with Gasteiger partial charge in [0.05, 0.1) is 17.6 Å². The van der Waals surface area contributed by atoms with Gasteiger partial charge in [0, 0.05) is 73.6 Å². The van der Waals surface area contributed by atoms with E-state index in [1.807, 2.05) is 55.1 Å². The molecule has 0 spiro atoms. The van der Waals surface area contributed by atoms with Crippen LogP contribution in [0.2, 0.25) is 0 Å². The molecular weight excluding hydrogens is 896 g/mol. The van der Waals surface area contributed by atoms with Gasteiger partial charge in [0.25, 0.3) is 0 Å². The number of anilines is 4. The van der Waals surface area contributed by atoms with Gasteiger partial charge in [-0.15, -0.1) is 48.1 Å². The van der Waals surface area contributed by atoms with Gasteiger partial charge in [0.2, 0.25) is 0 Å². The van der Waals surface area contributed by atoms with Crippen LogP contribution in [0.1, 0.15) is 77.0 Å². The Morgan fingerprint density at radius 3 is 2.17 bits per heavy atom. The zero-order valence-electron chi connectivity index (χ0n) is 33.8. The van der Waals surface area contributed by atoms with E-state index in [0.717, 1.165) is 55.9 Å². The molecule has 4 aromatic heterocycles. The maximum atomic E-state index is 6.59. The standard InChI is InChI=1S/C50H45N6O.Pt/c1-32(2)41-25-34(43-16-10-11-22-52-43)26-42(33(3)4)49(41)55-31-54(45-21-23-51-30-47(45)55)36-13-12-14-37(28-36)57-38-18-19-40-39-15-8-9-17-44(39)56(46(40)29-38)48-27-35(20-24-53-48)50(5,6)7;/h8-27,30-33H,1-7H3;/q-3;. The number of fused-ring (bicyclic) bond motifs is 4. The van der Waals surface area contributed by atoms with Crippen molar-refractivity contribution < 1.29 is 25.8 Å². The number of benzene rings is 4. The van der Waals surface area contributed by atoms with E-state index in [1.165, 1.54) is 22.4 Å². The Balaban J connectivity index is 0.00000469. The number of hydrogen-bond donors (Lipinski definition) is 0. The summed E-state index contributed by atoms with van der Waals surface area (Å²) in [5, 5.41) is 2.23. The van der Waals surface area contributed by atoms with E-state index in [1.54, 1.807) is 0 Å². The van der Waals surface area contributed by atoms with Gasteiger partial charge in [-0.05, 0) is 87.9 Å². The van der Waals surface area contributed by atoms with Crippen LogP contribution in [-0.4, -0.2) is 19.5 Å². The average Bonchev–Trinajstić information content (AvgIpc) is 3.76. The molecule has 8 heteroatoms. The van der Waals surface area contributed by atoms with Crippen molar-refractivity contribution in [1.82, 2.24) is 19.5 Å². The largest absolute Gasteiger partial charge is 0.509 e. The summed E-state index contributed by atoms with van der Waals surface area (Å²) in [6.45, 7) is 17.8. The minimum absolute atomic E-state index is 0. The zero-order chi connectivity index (χ0) is 39.4. The monoisotopic (exact) mass is 940 g/mol. The molecule has 1 aliphatic heterocycles. The molecule has 0 bridgehead atoms. The van der Waals surface area contributed by atoms with Crippen molar-refractivity contribution in [3.8, 4) is 28.6 Å². The van der Waals surface area contributed by atoms with E-state index < -0.39 is 0 Å². The first kappa shape index (κ1) is 39.1. The Morgan fingerprint density at radius 1 is 0.672 bits per heavy atom. The second-order valence-corrected chi connectivity index (χ2v) is 16.3. The van der Waals surface area contributed by atoms with Crippen molar-refractivity contribution in [3.05, 3.63) is 163 Å². The van der Waals surface area contributed by atoms with Gasteiger partial charge in [-0.25, -0.2) is 4.98 Å². The molecule has 5 heterocycles. The van der Waals surface area contributed by atoms with Crippen molar-refractivity contribution in [1.29, 1.82) is 0 Å². The maximum absolute atomic E-state index is 6.59. The van der Waals surface area contributed by atoms with Crippen LogP contribution in [0.25, 0.3) is 38.9 Å². The second kappa shape index (κ2) is 15.5. The number of ether oxygens (including phenoxy) is 1. The van der Waals surface area contributed by atoms with Crippen molar-refractivity contribution in [2.24, 2.45) is 0 Å². The topological polar surface area (TPSA) is 59.3 Å². The minimum Gasteiger partial charge on any atom is -0.509 e. The molecule has 0 saturated carbocycles. The van der Waals surface area contributed by atoms with Crippen molar-refractivity contribution >= 4 is 44.6 Å². The summed E-state index contributed by atoms with van der Waals surface area (Å²) in [7, 11) is 0. The third-order valence-electron chi connectivity index (χ3n) is 10.8. The van der Waals surface area contributed by atoms with E-state index in [2.05, 4.69) is 159 Å². The second-order valence-electron chi connectivity index (χ2n) is 16.3. The number of rotatable bonds is 8. The number of para-hydroxylation sites is 1. The number of pyridine rings is 3. The van der Waals surface area contributed by atoms with E-state index >= 15 is 0 Å². The van der Waals surface area contributed by atoms with E-state index in [9.17, 15) is 0 Å². The third-order valence-corrected chi connectivity index (χ3v) is 10.8. The minimum atomic E-state index is -0.0196. The predicted octanol–water partition coefficient (Wildman–Crippen LogP) is 13.0. The predicted molar refractivity (Wildman–Crippen MR) is 232 cm³/mol. The molecule has 9 rings (SSSR count). The Hall–Kier alpha value is -5.78. The van der Waals surface area contributed by atoms with E-state index in [4.69, 9.17) is 14.7 Å². The molecule has 58 heavy (non-hydrogen) atoms. The Kier molecular flexibility index (Phi) is 10.5. The number of aromatic nitrogens is 4. The summed E-state index contributed by atoms with van der Waals surface area (Å²) in [5.41, 5.74) is 11.8. The molecule has 0 amide bonds. The van der Waals surface area contributed by atoms with E-state index in [0.29, 0.717) is 11.5 Å². The summed E-state index contributed by atoms with van der Waals surface area (Å²) < 4.78 is 8.78. The smallest absolute Gasteiger partial charge is 0.135 e. The summed E-state index contributed by atoms with van der Waals surface area (Å²) in [6.07, 6.45) is 7.54. The maximum Gasteiger partial charge on any atom is 0.135 e. The first-order valence-electron chi connectivity index (χ1n) is 19.6. The van der Waals surface area contributed by atoms with Crippen LogP contribution in [-0.2, 0) is 26.5 Å². The quantitative estimate of drug-likeness (QED) is 0.142. The molecular formula is C50H45N6OPt-3. The fraction of sp³-hybridized carbons (Fsp3) is 0.200. The summed E-state index contributed by atoms with van der Waals surface area (Å²) >= 11 is 0. The van der Waals surface area contributed by atoms with Crippen LogP contribution in [0, 0.1) is 18.8 Å². The van der Waals surface area contributed by atoms with Crippen molar-refractivity contribution in [2.45, 2.75) is 65.7 Å². The molecule has 0 aliphatic carbocycles. The van der Waals surface area contributed by atoms with E-state index in [-0.39, 0.29) is 38.3 Å². The molecule has 0 atom stereocenters. The first-order chi connectivity index (χ1) is 27.5. The van der Waals surface area contributed by atoms with Crippen LogP contribution in [0.4, 0.5) is 22.7 Å². The molecule has 1 aliphatic rings. The van der Waals surface area contributed by atoms with Crippen LogP contribution >= 0.6 is 0 Å². The Morgan fingerprint density at radius 2 is 1.43 bits per heavy atom. The fourth-order valence-corrected chi connectivity index (χ4v) is 7.83. The van der Waals surface area contributed by atoms with Crippen molar-refractivity contribution in [2.75, 3.05) is 9.80 Å². The number of nitrogens with zero attached hydrogens (tertiary/aromatic N) is 6. The molecule has 4 aromatic carbocycles. The van der Waals surface area contributed by atoms with Crippen molar-refractivity contribution in [3.63, 3.8) is 0 Å². The molecule has 8 aromatic rings. The van der Waals surface area contributed by atoms with Gasteiger partial charge in [0.1, 0.15) is 5.82 Å². The molecule has 0 saturated heterocycles. The molecule has 294 valence electrons. The fourth-order valence-electron chi connectivity index (χ4n) is 7.83. The zero-order valence-corrected chi connectivity index (χ0v) is 36.0. The van der Waals surface area contributed by atoms with Crippen LogP contribution in [0.15, 0.2) is 128 Å². The summed E-state index contributed by atoms with van der Waals surface area (Å²) in [4.78, 5) is 18.6. The Bertz CT molecular complexity index is 2740. The SMILES string of the molecule is CC(C)c1cc(-c2ccccn2)cc(C(C)C)c1N1[CH-]N(c2[c-]c(Oc3[c-]c4c(cc3)c3ccccc3n4-c3cc(C(C)(C)C)ccn3)ccc2)c2ccncc21.[Pt]. The van der Waals surface area contributed by atoms with Gasteiger partial charge < -0.3 is 19.1 Å². The molecule has 0 N–H and O–H groups in total. The van der Waals surface area contributed by atoms with Gasteiger partial charge in [-0.1, -0.05) is 78.2 Å². The van der Waals surface area contributed by atoms with Crippen LogP contribution < -0.4 is 14.5 Å². The summed E-state index contributed by atoms with van der Waals surface area (Å²) in [5.74, 6) is 2.56. The average molecular weight is 941 g/mol. The van der Waals surface area contributed by atoms with Crippen LogP contribution in [0.5, 0.6) is 11.5 Å². The molecule has 0 radical (unpaired) electrons.